The summed E-state index contributed by atoms with van der Waals surface area (Å²) in [6.07, 6.45) is 6.17. The van der Waals surface area contributed by atoms with Crippen LogP contribution in [0.15, 0.2) is 12.1 Å². The van der Waals surface area contributed by atoms with Gasteiger partial charge in [-0.25, -0.2) is 0 Å². The molecule has 0 atom stereocenters. The maximum atomic E-state index is 6.23. The largest absolute Gasteiger partial charge is 0.490 e. The van der Waals surface area contributed by atoms with Gasteiger partial charge >= 0.3 is 0 Å². The number of nitrogens with one attached hydrogen (secondary N) is 1. The van der Waals surface area contributed by atoms with E-state index in [4.69, 9.17) is 27.9 Å². The van der Waals surface area contributed by atoms with E-state index in [-0.39, 0.29) is 0 Å². The van der Waals surface area contributed by atoms with Crippen LogP contribution in [0.25, 0.3) is 0 Å². The zero-order valence-corrected chi connectivity index (χ0v) is 12.9. The Hall–Kier alpha value is -0.440. The molecular weight excluding hydrogens is 281 g/mol. The minimum atomic E-state index is 0.601. The van der Waals surface area contributed by atoms with Crippen molar-refractivity contribution in [2.45, 2.75) is 51.6 Å². The summed E-state index contributed by atoms with van der Waals surface area (Å²) in [5.41, 5.74) is 1.12. The topological polar surface area (TPSA) is 21.3 Å². The zero-order chi connectivity index (χ0) is 13.7. The molecular formula is C15H21Cl2NO. The Morgan fingerprint density at radius 2 is 1.84 bits per heavy atom. The molecule has 1 aliphatic rings. The van der Waals surface area contributed by atoms with Crippen LogP contribution >= 0.6 is 23.2 Å². The van der Waals surface area contributed by atoms with Crippen LogP contribution in [-0.4, -0.2) is 12.6 Å². The Balaban J connectivity index is 1.97. The summed E-state index contributed by atoms with van der Waals surface area (Å²) >= 11 is 12.5. The first-order valence-corrected chi connectivity index (χ1v) is 7.80. The summed E-state index contributed by atoms with van der Waals surface area (Å²) in [6.45, 7) is 3.51. The number of hydrogen-bond donors (Lipinski definition) is 1. The van der Waals surface area contributed by atoms with E-state index in [2.05, 4.69) is 12.2 Å². The number of rotatable bonds is 6. The molecule has 0 unspecified atom stereocenters. The van der Waals surface area contributed by atoms with Crippen molar-refractivity contribution < 1.29 is 4.74 Å². The van der Waals surface area contributed by atoms with Crippen molar-refractivity contribution in [3.05, 3.63) is 27.7 Å². The summed E-state index contributed by atoms with van der Waals surface area (Å²) in [6, 6.07) is 4.54. The highest BCUT2D eigenvalue weighted by molar-refractivity contribution is 6.37. The molecule has 0 heterocycles. The minimum absolute atomic E-state index is 0.601. The third kappa shape index (κ3) is 4.27. The van der Waals surface area contributed by atoms with Crippen LogP contribution in [0.5, 0.6) is 5.75 Å². The van der Waals surface area contributed by atoms with Gasteiger partial charge in [0.2, 0.25) is 0 Å². The fraction of sp³-hybridized carbons (Fsp3) is 0.600. The molecule has 1 fully saturated rings. The van der Waals surface area contributed by atoms with Crippen molar-refractivity contribution in [1.29, 1.82) is 0 Å². The lowest BCUT2D eigenvalue weighted by Crippen LogP contribution is -2.25. The van der Waals surface area contributed by atoms with Gasteiger partial charge in [-0.2, -0.15) is 0 Å². The summed E-state index contributed by atoms with van der Waals surface area (Å²) in [5, 5.41) is 4.76. The van der Waals surface area contributed by atoms with Crippen LogP contribution in [0.4, 0.5) is 0 Å². The van der Waals surface area contributed by atoms with E-state index in [1.54, 1.807) is 0 Å². The third-order valence-corrected chi connectivity index (χ3v) is 4.02. The van der Waals surface area contributed by atoms with Gasteiger partial charge < -0.3 is 10.1 Å². The summed E-state index contributed by atoms with van der Waals surface area (Å²) in [7, 11) is 0. The van der Waals surface area contributed by atoms with Crippen LogP contribution in [-0.2, 0) is 6.54 Å². The number of benzene rings is 1. The highest BCUT2D eigenvalue weighted by Gasteiger charge is 2.15. The van der Waals surface area contributed by atoms with Gasteiger partial charge in [0.1, 0.15) is 0 Å². The number of halogens is 2. The average molecular weight is 302 g/mol. The van der Waals surface area contributed by atoms with Crippen molar-refractivity contribution in [2.24, 2.45) is 0 Å². The van der Waals surface area contributed by atoms with E-state index in [0.717, 1.165) is 18.5 Å². The van der Waals surface area contributed by atoms with Crippen LogP contribution < -0.4 is 10.1 Å². The predicted octanol–water partition coefficient (Wildman–Crippen LogP) is 4.81. The summed E-state index contributed by atoms with van der Waals surface area (Å²) in [5.74, 6) is 0.606. The average Bonchev–Trinajstić information content (AvgIpc) is 2.88. The minimum Gasteiger partial charge on any atom is -0.490 e. The van der Waals surface area contributed by atoms with Crippen molar-refractivity contribution in [2.75, 3.05) is 6.61 Å². The maximum absolute atomic E-state index is 6.23. The zero-order valence-electron chi connectivity index (χ0n) is 11.3. The SMILES string of the molecule is CCCOc1c(Cl)cc(CNC2CCCC2)cc1Cl. The smallest absolute Gasteiger partial charge is 0.156 e. The molecule has 0 spiro atoms. The van der Waals surface area contributed by atoms with Crippen LogP contribution in [0.2, 0.25) is 10.0 Å². The van der Waals surface area contributed by atoms with Gasteiger partial charge in [-0.05, 0) is 37.0 Å². The lowest BCUT2D eigenvalue weighted by Gasteiger charge is -2.14. The molecule has 1 aromatic carbocycles. The second kappa shape index (κ2) is 7.37. The van der Waals surface area contributed by atoms with Crippen molar-refractivity contribution in [3.8, 4) is 5.75 Å². The van der Waals surface area contributed by atoms with E-state index in [0.29, 0.717) is 28.4 Å². The first-order valence-electron chi connectivity index (χ1n) is 7.04. The van der Waals surface area contributed by atoms with E-state index < -0.39 is 0 Å². The summed E-state index contributed by atoms with van der Waals surface area (Å²) < 4.78 is 5.57. The molecule has 2 nitrogen and oxygen atoms in total. The molecule has 1 saturated carbocycles. The normalized spacial score (nSPS) is 15.9. The van der Waals surface area contributed by atoms with Gasteiger partial charge in [0.25, 0.3) is 0 Å². The van der Waals surface area contributed by atoms with Gasteiger partial charge in [0, 0.05) is 12.6 Å². The fourth-order valence-electron chi connectivity index (χ4n) is 2.45. The van der Waals surface area contributed by atoms with Crippen LogP contribution in [0.1, 0.15) is 44.6 Å². The van der Waals surface area contributed by atoms with Gasteiger partial charge in [-0.15, -0.1) is 0 Å². The second-order valence-electron chi connectivity index (χ2n) is 5.10. The number of hydrogen-bond acceptors (Lipinski definition) is 2. The van der Waals surface area contributed by atoms with Crippen molar-refractivity contribution >= 4 is 23.2 Å². The third-order valence-electron chi connectivity index (χ3n) is 3.46. The first-order chi connectivity index (χ1) is 9.20. The van der Waals surface area contributed by atoms with E-state index in [1.807, 2.05) is 12.1 Å². The highest BCUT2D eigenvalue weighted by Crippen LogP contribution is 2.34. The molecule has 0 bridgehead atoms. The van der Waals surface area contributed by atoms with Crippen LogP contribution in [0, 0.1) is 0 Å². The molecule has 0 aliphatic heterocycles. The van der Waals surface area contributed by atoms with Crippen LogP contribution in [0.3, 0.4) is 0 Å². The Bertz CT molecular complexity index is 394. The molecule has 0 amide bonds. The molecule has 1 aromatic rings. The molecule has 0 saturated heterocycles. The van der Waals surface area contributed by atoms with Gasteiger partial charge in [0.15, 0.2) is 5.75 Å². The van der Waals surface area contributed by atoms with E-state index in [9.17, 15) is 0 Å². The molecule has 106 valence electrons. The van der Waals surface area contributed by atoms with Crippen molar-refractivity contribution in [3.63, 3.8) is 0 Å². The number of ether oxygens (including phenoxy) is 1. The molecule has 1 N–H and O–H groups in total. The quantitative estimate of drug-likeness (QED) is 0.814. The van der Waals surface area contributed by atoms with Crippen molar-refractivity contribution in [1.82, 2.24) is 5.32 Å². The lowest BCUT2D eigenvalue weighted by molar-refractivity contribution is 0.317. The fourth-order valence-corrected chi connectivity index (χ4v) is 3.09. The maximum Gasteiger partial charge on any atom is 0.156 e. The Morgan fingerprint density at radius 3 is 2.42 bits per heavy atom. The highest BCUT2D eigenvalue weighted by atomic mass is 35.5. The molecule has 1 aliphatic carbocycles. The van der Waals surface area contributed by atoms with E-state index >= 15 is 0 Å². The van der Waals surface area contributed by atoms with Gasteiger partial charge in [-0.3, -0.25) is 0 Å². The Labute approximate surface area is 125 Å². The molecule has 19 heavy (non-hydrogen) atoms. The van der Waals surface area contributed by atoms with E-state index in [1.165, 1.54) is 25.7 Å². The molecule has 4 heteroatoms. The Morgan fingerprint density at radius 1 is 1.21 bits per heavy atom. The molecule has 0 aromatic heterocycles. The van der Waals surface area contributed by atoms with Gasteiger partial charge in [-0.1, -0.05) is 43.0 Å². The summed E-state index contributed by atoms with van der Waals surface area (Å²) in [4.78, 5) is 0. The Kier molecular flexibility index (Phi) is 5.80. The molecule has 0 radical (unpaired) electrons. The second-order valence-corrected chi connectivity index (χ2v) is 5.91. The lowest BCUT2D eigenvalue weighted by atomic mass is 10.2. The van der Waals surface area contributed by atoms with Gasteiger partial charge in [0.05, 0.1) is 16.7 Å². The first kappa shape index (κ1) is 15.0. The predicted molar refractivity (Wildman–Crippen MR) is 81.3 cm³/mol. The monoisotopic (exact) mass is 301 g/mol. The molecule has 2 rings (SSSR count). The standard InChI is InChI=1S/C15H21Cl2NO/c1-2-7-19-15-13(16)8-11(9-14(15)17)10-18-12-5-3-4-6-12/h8-9,12,18H,2-7,10H2,1H3.